The number of piperazine rings is 1. The van der Waals surface area contributed by atoms with Crippen LogP contribution >= 0.6 is 0 Å². The highest BCUT2D eigenvalue weighted by Crippen LogP contribution is 2.33. The monoisotopic (exact) mass is 374 g/mol. The lowest BCUT2D eigenvalue weighted by molar-refractivity contribution is -0.136. The largest absolute Gasteiger partial charge is 0.364 e. The fourth-order valence-electron chi connectivity index (χ4n) is 3.90. The number of hydrogen-bond donors (Lipinski definition) is 2. The molecule has 0 aliphatic carbocycles. The Morgan fingerprint density at radius 3 is 2.48 bits per heavy atom. The van der Waals surface area contributed by atoms with Crippen molar-refractivity contribution in [1.82, 2.24) is 15.5 Å². The number of imide groups is 2. The molecule has 0 radical (unpaired) electrons. The van der Waals surface area contributed by atoms with Gasteiger partial charge in [0.25, 0.3) is 11.8 Å². The van der Waals surface area contributed by atoms with E-state index in [1.54, 1.807) is 0 Å². The predicted octanol–water partition coefficient (Wildman–Crippen LogP) is 0.0250. The van der Waals surface area contributed by atoms with Crippen LogP contribution in [0.1, 0.15) is 40.5 Å². The van der Waals surface area contributed by atoms with Crippen LogP contribution in [0.5, 0.6) is 0 Å². The minimum atomic E-state index is -1.06. The Morgan fingerprint density at radius 2 is 1.81 bits per heavy atom. The zero-order chi connectivity index (χ0) is 19.3. The first-order chi connectivity index (χ1) is 12.9. The molecule has 0 aromatic heterocycles. The topological polar surface area (TPSA) is 98.8 Å². The summed E-state index contributed by atoms with van der Waals surface area (Å²) in [6.07, 6.45) is 0.113. The number of fused-ring (bicyclic) bond motifs is 1. The quantitative estimate of drug-likeness (QED) is 0.709. The average molecular weight is 374 g/mol. The van der Waals surface area contributed by atoms with Gasteiger partial charge in [0.05, 0.1) is 16.8 Å². The minimum absolute atomic E-state index is 0.0322. The molecule has 2 unspecified atom stereocenters. The van der Waals surface area contributed by atoms with Crippen molar-refractivity contribution in [3.05, 3.63) is 29.1 Å². The van der Waals surface area contributed by atoms with Gasteiger partial charge in [-0.15, -0.1) is 0 Å². The Hall–Kier alpha value is -2.81. The molecule has 3 aliphatic heterocycles. The number of rotatable bonds is 2. The minimum Gasteiger partial charge on any atom is -0.364 e. The van der Waals surface area contributed by atoms with Gasteiger partial charge in [0.15, 0.2) is 0 Å². The average Bonchev–Trinajstić information content (AvgIpc) is 2.86. The van der Waals surface area contributed by atoms with E-state index >= 15 is 0 Å². The van der Waals surface area contributed by atoms with E-state index in [0.29, 0.717) is 19.6 Å². The molecule has 2 N–H and O–H groups in total. The molecule has 2 saturated heterocycles. The third kappa shape index (κ3) is 2.78. The van der Waals surface area contributed by atoms with E-state index in [9.17, 15) is 23.6 Å². The molecule has 1 aromatic rings. The zero-order valence-corrected chi connectivity index (χ0v) is 14.8. The Balaban J connectivity index is 1.69. The smallest absolute Gasteiger partial charge is 0.262 e. The zero-order valence-electron chi connectivity index (χ0n) is 14.8. The first-order valence-electron chi connectivity index (χ1n) is 8.91. The third-order valence-electron chi connectivity index (χ3n) is 5.32. The Labute approximate surface area is 154 Å². The number of amides is 4. The van der Waals surface area contributed by atoms with Gasteiger partial charge >= 0.3 is 0 Å². The van der Waals surface area contributed by atoms with E-state index in [-0.39, 0.29) is 35.7 Å². The molecular weight excluding hydrogens is 355 g/mol. The maximum atomic E-state index is 14.7. The van der Waals surface area contributed by atoms with Crippen molar-refractivity contribution in [3.8, 4) is 0 Å². The Kier molecular flexibility index (Phi) is 4.18. The van der Waals surface area contributed by atoms with Crippen LogP contribution in [0.3, 0.4) is 0 Å². The lowest BCUT2D eigenvalue weighted by Gasteiger charge is -2.36. The summed E-state index contributed by atoms with van der Waals surface area (Å²) in [5.41, 5.74) is 0.314. The summed E-state index contributed by atoms with van der Waals surface area (Å²) in [5.74, 6) is -3.03. The van der Waals surface area contributed by atoms with Crippen LogP contribution in [0.25, 0.3) is 0 Å². The Morgan fingerprint density at radius 1 is 1.11 bits per heavy atom. The number of nitrogens with zero attached hydrogens (tertiary/aromatic N) is 2. The standard InChI is InChI=1S/C18H19FN4O4/c1-9-8-20-4-5-22(9)14-7-11-10(6-12(14)19)17(26)23(18(11)27)13-2-3-15(24)21-16(13)25/h6-7,9,13,20H,2-5,8H2,1H3,(H,21,24,25). The molecule has 2 fully saturated rings. The second-order valence-electron chi connectivity index (χ2n) is 7.04. The summed E-state index contributed by atoms with van der Waals surface area (Å²) in [5, 5.41) is 5.36. The molecular formula is C18H19FN4O4. The Bertz CT molecular complexity index is 871. The third-order valence-corrected chi connectivity index (χ3v) is 5.32. The van der Waals surface area contributed by atoms with Crippen LogP contribution in [-0.2, 0) is 9.59 Å². The highest BCUT2D eigenvalue weighted by molar-refractivity contribution is 6.23. The molecule has 3 aliphatic rings. The molecule has 142 valence electrons. The second-order valence-corrected chi connectivity index (χ2v) is 7.04. The van der Waals surface area contributed by atoms with Crippen molar-refractivity contribution in [1.29, 1.82) is 0 Å². The number of halogens is 1. The van der Waals surface area contributed by atoms with Gasteiger partial charge in [0.2, 0.25) is 11.8 Å². The maximum absolute atomic E-state index is 14.7. The number of piperidine rings is 1. The van der Waals surface area contributed by atoms with Crippen molar-refractivity contribution >= 4 is 29.3 Å². The van der Waals surface area contributed by atoms with E-state index in [0.717, 1.165) is 11.0 Å². The number of hydrogen-bond acceptors (Lipinski definition) is 6. The number of benzene rings is 1. The molecule has 2 atom stereocenters. The van der Waals surface area contributed by atoms with E-state index in [1.165, 1.54) is 6.07 Å². The number of nitrogens with one attached hydrogen (secondary N) is 2. The van der Waals surface area contributed by atoms with E-state index in [1.807, 2.05) is 11.8 Å². The van der Waals surface area contributed by atoms with Crippen LogP contribution in [0.4, 0.5) is 10.1 Å². The van der Waals surface area contributed by atoms with Crippen LogP contribution in [-0.4, -0.2) is 60.2 Å². The fourth-order valence-corrected chi connectivity index (χ4v) is 3.90. The van der Waals surface area contributed by atoms with E-state index < -0.39 is 35.5 Å². The van der Waals surface area contributed by atoms with Crippen molar-refractivity contribution < 1.29 is 23.6 Å². The summed E-state index contributed by atoms with van der Waals surface area (Å²) in [6, 6.07) is 1.45. The summed E-state index contributed by atoms with van der Waals surface area (Å²) in [7, 11) is 0. The highest BCUT2D eigenvalue weighted by atomic mass is 19.1. The van der Waals surface area contributed by atoms with Gasteiger partial charge in [-0.2, -0.15) is 0 Å². The molecule has 9 heteroatoms. The maximum Gasteiger partial charge on any atom is 0.262 e. The second kappa shape index (κ2) is 6.41. The van der Waals surface area contributed by atoms with Crippen molar-refractivity contribution in [2.75, 3.05) is 24.5 Å². The molecule has 8 nitrogen and oxygen atoms in total. The lowest BCUT2D eigenvalue weighted by atomic mass is 10.0. The van der Waals surface area contributed by atoms with Gasteiger partial charge in [-0.3, -0.25) is 29.4 Å². The van der Waals surface area contributed by atoms with Gasteiger partial charge < -0.3 is 10.2 Å². The molecule has 0 spiro atoms. The molecule has 27 heavy (non-hydrogen) atoms. The van der Waals surface area contributed by atoms with Gasteiger partial charge in [0, 0.05) is 32.1 Å². The van der Waals surface area contributed by atoms with Crippen molar-refractivity contribution in [2.24, 2.45) is 0 Å². The first-order valence-corrected chi connectivity index (χ1v) is 8.91. The highest BCUT2D eigenvalue weighted by Gasteiger charge is 2.45. The number of carbonyl (C=O) groups is 4. The van der Waals surface area contributed by atoms with Crippen molar-refractivity contribution in [3.63, 3.8) is 0 Å². The summed E-state index contributed by atoms with van der Waals surface area (Å²) < 4.78 is 14.7. The van der Waals surface area contributed by atoms with E-state index in [4.69, 9.17) is 0 Å². The summed E-state index contributed by atoms with van der Waals surface area (Å²) in [4.78, 5) is 51.7. The lowest BCUT2D eigenvalue weighted by Crippen LogP contribution is -2.54. The summed E-state index contributed by atoms with van der Waals surface area (Å²) in [6.45, 7) is 3.90. The van der Waals surface area contributed by atoms with Crippen LogP contribution in [0.15, 0.2) is 12.1 Å². The van der Waals surface area contributed by atoms with Crippen molar-refractivity contribution in [2.45, 2.75) is 31.8 Å². The fraction of sp³-hybridized carbons (Fsp3) is 0.444. The molecule has 1 aromatic carbocycles. The SMILES string of the molecule is CC1CNCCN1c1cc2c(cc1F)C(=O)N(C1CCC(=O)NC1=O)C2=O. The molecule has 4 rings (SSSR count). The molecule has 3 heterocycles. The normalized spacial score (nSPS) is 25.7. The van der Waals surface area contributed by atoms with Gasteiger partial charge in [-0.1, -0.05) is 0 Å². The molecule has 4 amide bonds. The van der Waals surface area contributed by atoms with Gasteiger partial charge in [-0.05, 0) is 25.5 Å². The van der Waals surface area contributed by atoms with Crippen LogP contribution in [0.2, 0.25) is 0 Å². The molecule has 0 bridgehead atoms. The van der Waals surface area contributed by atoms with E-state index in [2.05, 4.69) is 10.6 Å². The van der Waals surface area contributed by atoms with Crippen LogP contribution in [0, 0.1) is 5.82 Å². The van der Waals surface area contributed by atoms with Gasteiger partial charge in [-0.25, -0.2) is 4.39 Å². The first kappa shape index (κ1) is 17.6. The summed E-state index contributed by atoms with van der Waals surface area (Å²) >= 11 is 0. The van der Waals surface area contributed by atoms with Crippen LogP contribution < -0.4 is 15.5 Å². The number of anilines is 1. The van der Waals surface area contributed by atoms with Gasteiger partial charge in [0.1, 0.15) is 11.9 Å². The predicted molar refractivity (Wildman–Crippen MR) is 92.7 cm³/mol. The molecule has 0 saturated carbocycles. The number of carbonyl (C=O) groups excluding carboxylic acids is 4.